The van der Waals surface area contributed by atoms with E-state index in [9.17, 15) is 9.59 Å². The summed E-state index contributed by atoms with van der Waals surface area (Å²) in [5.41, 5.74) is -0.906. The van der Waals surface area contributed by atoms with E-state index in [0.717, 1.165) is 0 Å². The summed E-state index contributed by atoms with van der Waals surface area (Å²) in [6, 6.07) is 1.50. The minimum atomic E-state index is -0.590. The smallest absolute Gasteiger partial charge is 0.328 e. The molecule has 0 amide bonds. The zero-order valence-electron chi connectivity index (χ0n) is 6.39. The van der Waals surface area contributed by atoms with Crippen LogP contribution < -0.4 is 11.2 Å². The highest BCUT2D eigenvalue weighted by atomic mass is 35.5. The molecule has 0 aliphatic carbocycles. The van der Waals surface area contributed by atoms with Crippen LogP contribution in [0.25, 0.3) is 11.1 Å². The first-order valence-corrected chi connectivity index (χ1v) is 4.05. The monoisotopic (exact) mass is 200 g/mol. The van der Waals surface area contributed by atoms with Gasteiger partial charge in [0.2, 0.25) is 5.71 Å². The van der Waals surface area contributed by atoms with E-state index in [1.165, 1.54) is 6.07 Å². The van der Waals surface area contributed by atoms with Crippen LogP contribution in [0.1, 0.15) is 5.76 Å². The van der Waals surface area contributed by atoms with Gasteiger partial charge in [-0.05, 0) is 6.07 Å². The number of fused-ring (bicyclic) bond motifs is 1. The molecule has 13 heavy (non-hydrogen) atoms. The molecular weight excluding hydrogens is 196 g/mol. The second kappa shape index (κ2) is 2.77. The Bertz CT molecular complexity index is 551. The van der Waals surface area contributed by atoms with Gasteiger partial charge in [0.1, 0.15) is 11.1 Å². The molecule has 2 aromatic heterocycles. The fourth-order valence-electron chi connectivity index (χ4n) is 1.07. The highest BCUT2D eigenvalue weighted by Crippen LogP contribution is 2.13. The van der Waals surface area contributed by atoms with Crippen molar-refractivity contribution in [2.75, 3.05) is 0 Å². The van der Waals surface area contributed by atoms with Crippen molar-refractivity contribution in [3.05, 3.63) is 32.7 Å². The Kier molecular flexibility index (Phi) is 1.73. The molecule has 0 aliphatic rings. The molecule has 0 fully saturated rings. The van der Waals surface area contributed by atoms with Crippen molar-refractivity contribution in [3.63, 3.8) is 0 Å². The lowest BCUT2D eigenvalue weighted by Crippen LogP contribution is -2.20. The average Bonchev–Trinajstić information content (AvgIpc) is 2.47. The van der Waals surface area contributed by atoms with Crippen molar-refractivity contribution in [3.8, 4) is 0 Å². The molecule has 6 heteroatoms. The van der Waals surface area contributed by atoms with Gasteiger partial charge in [-0.3, -0.25) is 14.8 Å². The van der Waals surface area contributed by atoms with Gasteiger partial charge in [0.05, 0.1) is 5.88 Å². The zero-order chi connectivity index (χ0) is 9.42. The molecule has 0 atom stereocenters. The van der Waals surface area contributed by atoms with Gasteiger partial charge in [-0.1, -0.05) is 0 Å². The van der Waals surface area contributed by atoms with Crippen LogP contribution in [0.3, 0.4) is 0 Å². The molecule has 5 nitrogen and oxygen atoms in total. The van der Waals surface area contributed by atoms with E-state index in [2.05, 4.69) is 9.97 Å². The van der Waals surface area contributed by atoms with Crippen molar-refractivity contribution in [2.24, 2.45) is 0 Å². The van der Waals surface area contributed by atoms with Gasteiger partial charge in [0.15, 0.2) is 0 Å². The lowest BCUT2D eigenvalue weighted by Gasteiger charge is -1.84. The topological polar surface area (TPSA) is 78.9 Å². The second-order valence-corrected chi connectivity index (χ2v) is 2.76. The van der Waals surface area contributed by atoms with Crippen LogP contribution in [0.4, 0.5) is 0 Å². The summed E-state index contributed by atoms with van der Waals surface area (Å²) in [7, 11) is 0. The normalized spacial score (nSPS) is 10.8. The van der Waals surface area contributed by atoms with Gasteiger partial charge in [-0.15, -0.1) is 11.6 Å². The average molecular weight is 201 g/mol. The maximum atomic E-state index is 11.2. The van der Waals surface area contributed by atoms with Gasteiger partial charge >= 0.3 is 5.69 Å². The Balaban J connectivity index is 2.91. The van der Waals surface area contributed by atoms with Crippen LogP contribution in [0.15, 0.2) is 20.1 Å². The number of hydrogen-bond donors (Lipinski definition) is 2. The van der Waals surface area contributed by atoms with Gasteiger partial charge in [0, 0.05) is 0 Å². The summed E-state index contributed by atoms with van der Waals surface area (Å²) in [5.74, 6) is 0.611. The van der Waals surface area contributed by atoms with Gasteiger partial charge in [-0.2, -0.15) is 0 Å². The second-order valence-electron chi connectivity index (χ2n) is 2.50. The molecule has 0 spiro atoms. The molecule has 0 aliphatic heterocycles. The van der Waals surface area contributed by atoms with Crippen molar-refractivity contribution in [1.82, 2.24) is 9.97 Å². The number of halogens is 1. The van der Waals surface area contributed by atoms with E-state index in [1.54, 1.807) is 0 Å². The summed E-state index contributed by atoms with van der Waals surface area (Å²) in [6.45, 7) is 0. The molecule has 2 rings (SSSR count). The maximum absolute atomic E-state index is 11.2. The number of H-pyrrole nitrogens is 2. The number of rotatable bonds is 1. The van der Waals surface area contributed by atoms with E-state index in [0.29, 0.717) is 11.1 Å². The standard InChI is InChI=1S/C7H5ClN2O3/c8-2-3-1-4-5(11)9-7(12)10-6(4)13-3/h1H,2H2,(H2,9,10,11,12). The van der Waals surface area contributed by atoms with E-state index in [1.807, 2.05) is 0 Å². The molecule has 2 N–H and O–H groups in total. The first kappa shape index (κ1) is 8.12. The van der Waals surface area contributed by atoms with Crippen molar-refractivity contribution in [1.29, 1.82) is 0 Å². The van der Waals surface area contributed by atoms with Crippen molar-refractivity contribution in [2.45, 2.75) is 5.88 Å². The molecule has 0 aromatic carbocycles. The Morgan fingerprint density at radius 1 is 1.38 bits per heavy atom. The predicted octanol–water partition coefficient (Wildman–Crippen LogP) is 0.548. The lowest BCUT2D eigenvalue weighted by molar-refractivity contribution is 0.560. The number of alkyl halides is 1. The molecular formula is C7H5ClN2O3. The molecule has 0 radical (unpaired) electrons. The van der Waals surface area contributed by atoms with Crippen LogP contribution >= 0.6 is 11.6 Å². The van der Waals surface area contributed by atoms with Gasteiger partial charge in [0.25, 0.3) is 5.56 Å². The maximum Gasteiger partial charge on any atom is 0.328 e. The molecule has 0 saturated carbocycles. The van der Waals surface area contributed by atoms with Crippen LogP contribution in [0.2, 0.25) is 0 Å². The Morgan fingerprint density at radius 3 is 2.85 bits per heavy atom. The largest absolute Gasteiger partial charge is 0.443 e. The van der Waals surface area contributed by atoms with E-state index < -0.39 is 11.2 Å². The number of nitrogens with one attached hydrogen (secondary N) is 2. The first-order chi connectivity index (χ1) is 6.20. The fourth-order valence-corrected chi connectivity index (χ4v) is 1.21. The molecule has 0 bridgehead atoms. The lowest BCUT2D eigenvalue weighted by atomic mass is 10.4. The third kappa shape index (κ3) is 1.27. The molecule has 0 unspecified atom stereocenters. The summed E-state index contributed by atoms with van der Waals surface area (Å²) in [4.78, 5) is 26.4. The van der Waals surface area contributed by atoms with Crippen molar-refractivity contribution >= 4 is 22.7 Å². The summed E-state index contributed by atoms with van der Waals surface area (Å²) in [5, 5.41) is 0.301. The quantitative estimate of drug-likeness (QED) is 0.660. The predicted molar refractivity (Wildman–Crippen MR) is 47.0 cm³/mol. The Morgan fingerprint density at radius 2 is 2.15 bits per heavy atom. The Hall–Kier alpha value is -1.49. The van der Waals surface area contributed by atoms with E-state index in [4.69, 9.17) is 16.0 Å². The number of hydrogen-bond acceptors (Lipinski definition) is 3. The zero-order valence-corrected chi connectivity index (χ0v) is 7.14. The fraction of sp³-hybridized carbons (Fsp3) is 0.143. The third-order valence-electron chi connectivity index (χ3n) is 1.61. The minimum absolute atomic E-state index is 0.157. The number of furan rings is 1. The summed E-state index contributed by atoms with van der Waals surface area (Å²) in [6.07, 6.45) is 0. The highest BCUT2D eigenvalue weighted by molar-refractivity contribution is 6.16. The van der Waals surface area contributed by atoms with Crippen LogP contribution in [0, 0.1) is 0 Å². The molecule has 68 valence electrons. The third-order valence-corrected chi connectivity index (χ3v) is 1.88. The van der Waals surface area contributed by atoms with E-state index >= 15 is 0 Å². The van der Waals surface area contributed by atoms with Crippen molar-refractivity contribution < 1.29 is 4.42 Å². The SMILES string of the molecule is O=c1[nH]c(=O)c2cc(CCl)oc2[nH]1. The molecule has 0 saturated heterocycles. The Labute approximate surface area is 76.3 Å². The summed E-state index contributed by atoms with van der Waals surface area (Å²) < 4.78 is 5.07. The number of aromatic amines is 2. The van der Waals surface area contributed by atoms with Gasteiger partial charge in [-0.25, -0.2) is 4.79 Å². The molecule has 2 heterocycles. The van der Waals surface area contributed by atoms with Gasteiger partial charge < -0.3 is 4.42 Å². The van der Waals surface area contributed by atoms with E-state index in [-0.39, 0.29) is 11.6 Å². The minimum Gasteiger partial charge on any atom is -0.443 e. The van der Waals surface area contributed by atoms with Crippen LogP contribution in [-0.2, 0) is 5.88 Å². The molecule has 2 aromatic rings. The highest BCUT2D eigenvalue weighted by Gasteiger charge is 2.06. The van der Waals surface area contributed by atoms with Crippen LogP contribution in [-0.4, -0.2) is 9.97 Å². The number of aromatic nitrogens is 2. The summed E-state index contributed by atoms with van der Waals surface area (Å²) >= 11 is 5.49. The first-order valence-electron chi connectivity index (χ1n) is 3.51. The van der Waals surface area contributed by atoms with Crippen LogP contribution in [0.5, 0.6) is 0 Å².